The third-order valence-electron chi connectivity index (χ3n) is 4.19. The lowest BCUT2D eigenvalue weighted by atomic mass is 10.1. The second-order valence-electron chi connectivity index (χ2n) is 6.59. The topological polar surface area (TPSA) is 127 Å². The first-order valence-corrected chi connectivity index (χ1v) is 12.0. The monoisotopic (exact) mass is 525 g/mol. The molecule has 3 rings (SSSR count). The number of thioether (sulfide) groups is 1. The van der Waals surface area contributed by atoms with Crippen LogP contribution in [0.5, 0.6) is 0 Å². The van der Waals surface area contributed by atoms with Gasteiger partial charge in [0.2, 0.25) is 5.16 Å². The number of halogens is 2. The highest BCUT2D eigenvalue weighted by molar-refractivity contribution is 8.12. The summed E-state index contributed by atoms with van der Waals surface area (Å²) in [5.74, 6) is -1.41. The van der Waals surface area contributed by atoms with Crippen LogP contribution >= 0.6 is 46.7 Å². The number of carbonyl (C=O) groups is 3. The van der Waals surface area contributed by atoms with Gasteiger partial charge in [0.1, 0.15) is 12.6 Å². The van der Waals surface area contributed by atoms with Gasteiger partial charge in [-0.2, -0.15) is 0 Å². The van der Waals surface area contributed by atoms with Gasteiger partial charge in [-0.05, 0) is 39.9 Å². The Morgan fingerprint density at radius 3 is 2.42 bits per heavy atom. The molecule has 1 heterocycles. The molecule has 0 aliphatic carbocycles. The number of benzene rings is 2. The van der Waals surface area contributed by atoms with Gasteiger partial charge in [0.15, 0.2) is 5.78 Å². The van der Waals surface area contributed by atoms with Crippen LogP contribution in [0.4, 0.5) is 4.79 Å². The summed E-state index contributed by atoms with van der Waals surface area (Å²) in [6, 6.07) is 13.0. The number of nitrogens with zero attached hydrogens (tertiary/aromatic N) is 4. The first-order chi connectivity index (χ1) is 15.8. The Morgan fingerprint density at radius 2 is 1.76 bits per heavy atom. The molecule has 0 saturated heterocycles. The van der Waals surface area contributed by atoms with Gasteiger partial charge in [0.05, 0.1) is 21.4 Å². The number of nitrogens with one attached hydrogen (secondary N) is 1. The van der Waals surface area contributed by atoms with Gasteiger partial charge in [-0.3, -0.25) is 14.4 Å². The fourth-order valence-corrected chi connectivity index (χ4v) is 4.77. The molecule has 13 heteroatoms. The molecule has 0 saturated carbocycles. The van der Waals surface area contributed by atoms with Crippen molar-refractivity contribution in [3.63, 3.8) is 0 Å². The standard InChI is InChI=1S/C20H17Cl2N5O4S2/c21-13-7-4-8-14(22)18(13)33-19-24-25-26-27(19)10-16(28)15(9-17(29)30)23-20(31)32-11-12-5-2-1-3-6-12/h1-8,15H,9-11H2,(H,23,31)(H,29,30). The number of rotatable bonds is 10. The maximum absolute atomic E-state index is 12.8. The highest BCUT2D eigenvalue weighted by atomic mass is 35.5. The summed E-state index contributed by atoms with van der Waals surface area (Å²) in [6.45, 7) is -0.348. The number of hydrogen-bond acceptors (Lipinski definition) is 8. The molecule has 0 radical (unpaired) electrons. The average Bonchev–Trinajstić information content (AvgIpc) is 3.21. The highest BCUT2D eigenvalue weighted by Crippen LogP contribution is 2.37. The lowest BCUT2D eigenvalue weighted by Gasteiger charge is -2.16. The molecule has 1 aromatic heterocycles. The molecule has 0 fully saturated rings. The van der Waals surface area contributed by atoms with Crippen LogP contribution in [-0.2, 0) is 21.9 Å². The van der Waals surface area contributed by atoms with Crippen molar-refractivity contribution in [1.29, 1.82) is 0 Å². The first-order valence-electron chi connectivity index (χ1n) is 9.43. The highest BCUT2D eigenvalue weighted by Gasteiger charge is 2.26. The molecule has 0 bridgehead atoms. The normalized spacial score (nSPS) is 11.7. The summed E-state index contributed by atoms with van der Waals surface area (Å²) < 4.78 is 1.20. The fourth-order valence-electron chi connectivity index (χ4n) is 2.62. The summed E-state index contributed by atoms with van der Waals surface area (Å²) in [4.78, 5) is 36.9. The van der Waals surface area contributed by atoms with Gasteiger partial charge in [0, 0.05) is 5.75 Å². The van der Waals surface area contributed by atoms with E-state index < -0.39 is 29.5 Å². The second kappa shape index (κ2) is 12.0. The van der Waals surface area contributed by atoms with Crippen LogP contribution in [0.25, 0.3) is 0 Å². The lowest BCUT2D eigenvalue weighted by molar-refractivity contribution is -0.139. The van der Waals surface area contributed by atoms with Crippen molar-refractivity contribution in [2.24, 2.45) is 0 Å². The number of Topliss-reactive ketones (excluding diaryl/α,β-unsaturated/α-hetero) is 1. The number of hydrogen-bond donors (Lipinski definition) is 2. The number of carboxylic acids is 1. The minimum atomic E-state index is -1.25. The van der Waals surface area contributed by atoms with Crippen molar-refractivity contribution in [2.45, 2.75) is 34.8 Å². The molecule has 172 valence electrons. The number of aromatic nitrogens is 4. The minimum Gasteiger partial charge on any atom is -0.481 e. The molecule has 1 amide bonds. The van der Waals surface area contributed by atoms with Crippen LogP contribution in [0.3, 0.4) is 0 Å². The van der Waals surface area contributed by atoms with E-state index in [1.807, 2.05) is 30.3 Å². The zero-order chi connectivity index (χ0) is 23.8. The summed E-state index contributed by atoms with van der Waals surface area (Å²) >= 11 is 14.4. The molecule has 1 atom stereocenters. The van der Waals surface area contributed by atoms with E-state index in [2.05, 4.69) is 20.8 Å². The molecule has 2 aromatic carbocycles. The van der Waals surface area contributed by atoms with E-state index in [1.54, 1.807) is 18.2 Å². The van der Waals surface area contributed by atoms with E-state index >= 15 is 0 Å². The SMILES string of the molecule is O=C(O)CC(NC(=O)SCc1ccccc1)C(=O)Cn1nnnc1Sc1c(Cl)cccc1Cl. The van der Waals surface area contributed by atoms with Crippen molar-refractivity contribution in [3.8, 4) is 0 Å². The predicted molar refractivity (Wildman–Crippen MR) is 126 cm³/mol. The molecule has 1 unspecified atom stereocenters. The smallest absolute Gasteiger partial charge is 0.305 e. The third kappa shape index (κ3) is 7.46. The molecule has 0 spiro atoms. The summed E-state index contributed by atoms with van der Waals surface area (Å²) in [7, 11) is 0. The Morgan fingerprint density at radius 1 is 1.06 bits per heavy atom. The van der Waals surface area contributed by atoms with Crippen molar-refractivity contribution in [3.05, 3.63) is 64.1 Å². The number of ketones is 1. The van der Waals surface area contributed by atoms with Gasteiger partial charge in [0.25, 0.3) is 5.24 Å². The fraction of sp³-hybridized carbons (Fsp3) is 0.200. The van der Waals surface area contributed by atoms with E-state index in [1.165, 1.54) is 4.68 Å². The number of carboxylic acid groups (broad SMARTS) is 1. The van der Waals surface area contributed by atoms with E-state index in [0.29, 0.717) is 20.7 Å². The molecule has 0 aliphatic heterocycles. The van der Waals surface area contributed by atoms with Gasteiger partial charge < -0.3 is 10.4 Å². The zero-order valence-electron chi connectivity index (χ0n) is 16.9. The largest absolute Gasteiger partial charge is 0.481 e. The van der Waals surface area contributed by atoms with Crippen molar-refractivity contribution in [1.82, 2.24) is 25.5 Å². The number of aliphatic carboxylic acids is 1. The average molecular weight is 526 g/mol. The van der Waals surface area contributed by atoms with Gasteiger partial charge >= 0.3 is 5.97 Å². The van der Waals surface area contributed by atoms with E-state index in [4.69, 9.17) is 23.2 Å². The number of amides is 1. The van der Waals surface area contributed by atoms with Crippen LogP contribution in [0.15, 0.2) is 58.6 Å². The zero-order valence-corrected chi connectivity index (χ0v) is 20.0. The number of tetrazole rings is 1. The maximum Gasteiger partial charge on any atom is 0.305 e. The van der Waals surface area contributed by atoms with E-state index in [-0.39, 0.29) is 11.7 Å². The molecular weight excluding hydrogens is 509 g/mol. The minimum absolute atomic E-state index is 0.234. The number of carbonyl (C=O) groups excluding carboxylic acids is 2. The van der Waals surface area contributed by atoms with Gasteiger partial charge in [-0.1, -0.05) is 71.4 Å². The Labute approximate surface area is 207 Å². The van der Waals surface area contributed by atoms with Crippen LogP contribution < -0.4 is 5.32 Å². The first kappa shape index (κ1) is 25.0. The van der Waals surface area contributed by atoms with Crippen LogP contribution in [-0.4, -0.2) is 48.3 Å². The Bertz CT molecular complexity index is 1130. The third-order valence-corrected chi connectivity index (χ3v) is 7.02. The maximum atomic E-state index is 12.8. The molecule has 33 heavy (non-hydrogen) atoms. The molecule has 3 aromatic rings. The summed E-state index contributed by atoms with van der Waals surface area (Å²) in [5, 5.41) is 23.4. The second-order valence-corrected chi connectivity index (χ2v) is 9.33. The Balaban J connectivity index is 1.66. The lowest BCUT2D eigenvalue weighted by Crippen LogP contribution is -2.42. The summed E-state index contributed by atoms with van der Waals surface area (Å²) in [5.41, 5.74) is 0.923. The summed E-state index contributed by atoms with van der Waals surface area (Å²) in [6.07, 6.45) is -0.572. The molecular formula is C20H17Cl2N5O4S2. The van der Waals surface area contributed by atoms with Gasteiger partial charge in [-0.25, -0.2) is 4.68 Å². The Kier molecular flexibility index (Phi) is 9.12. The van der Waals surface area contributed by atoms with Crippen LogP contribution in [0, 0.1) is 0 Å². The molecule has 9 nitrogen and oxygen atoms in total. The molecule has 0 aliphatic rings. The van der Waals surface area contributed by atoms with Crippen LogP contribution in [0.1, 0.15) is 12.0 Å². The van der Waals surface area contributed by atoms with Gasteiger partial charge in [-0.15, -0.1) is 5.10 Å². The predicted octanol–water partition coefficient (Wildman–Crippen LogP) is 4.19. The van der Waals surface area contributed by atoms with E-state index in [9.17, 15) is 19.5 Å². The van der Waals surface area contributed by atoms with Crippen molar-refractivity contribution < 1.29 is 19.5 Å². The van der Waals surface area contributed by atoms with Crippen molar-refractivity contribution >= 4 is 63.7 Å². The Hall–Kier alpha value is -2.60. The molecule has 2 N–H and O–H groups in total. The quantitative estimate of drug-likeness (QED) is 0.400. The van der Waals surface area contributed by atoms with Crippen LogP contribution in [0.2, 0.25) is 10.0 Å². The van der Waals surface area contributed by atoms with E-state index in [0.717, 1.165) is 29.1 Å². The van der Waals surface area contributed by atoms with Crippen molar-refractivity contribution in [2.75, 3.05) is 0 Å².